The molecule has 1 amide bonds. The van der Waals surface area contributed by atoms with Gasteiger partial charge in [-0.3, -0.25) is 9.59 Å². The first kappa shape index (κ1) is 61.9. The first-order chi connectivity index (χ1) is 31.0. The van der Waals surface area contributed by atoms with Gasteiger partial charge in [0.15, 0.2) is 0 Å². The molecule has 0 heterocycles. The van der Waals surface area contributed by atoms with Crippen LogP contribution in [0.2, 0.25) is 0 Å². The molecule has 0 rings (SSSR count). The zero-order valence-electron chi connectivity index (χ0n) is 42.8. The zero-order valence-corrected chi connectivity index (χ0v) is 42.8. The number of hydrogen-bond donors (Lipinski definition) is 3. The fourth-order valence-electron chi connectivity index (χ4n) is 9.23. The van der Waals surface area contributed by atoms with Crippen molar-refractivity contribution in [3.8, 4) is 0 Å². The van der Waals surface area contributed by atoms with Gasteiger partial charge in [-0.25, -0.2) is 0 Å². The molecule has 2 atom stereocenters. The van der Waals surface area contributed by atoms with Crippen LogP contribution in [0.4, 0.5) is 0 Å². The highest BCUT2D eigenvalue weighted by Crippen LogP contribution is 2.18. The van der Waals surface area contributed by atoms with E-state index in [4.69, 9.17) is 4.74 Å². The fourth-order valence-corrected chi connectivity index (χ4v) is 9.23. The van der Waals surface area contributed by atoms with Crippen LogP contribution in [0, 0.1) is 0 Å². The predicted octanol–water partition coefficient (Wildman–Crippen LogP) is 17.5. The second-order valence-corrected chi connectivity index (χ2v) is 20.0. The number of esters is 1. The molecule has 0 fully saturated rings. The molecule has 0 aromatic heterocycles. The summed E-state index contributed by atoms with van der Waals surface area (Å²) in [6, 6.07) is -0.543. The highest BCUT2D eigenvalue weighted by atomic mass is 16.5. The maximum Gasteiger partial charge on any atom is 0.305 e. The van der Waals surface area contributed by atoms with Crippen molar-refractivity contribution >= 4 is 11.9 Å². The second kappa shape index (κ2) is 53.5. The highest BCUT2D eigenvalue weighted by Gasteiger charge is 2.20. The van der Waals surface area contributed by atoms with Crippen molar-refractivity contribution < 1.29 is 24.5 Å². The molecule has 0 radical (unpaired) electrons. The normalized spacial score (nSPS) is 12.5. The maximum absolute atomic E-state index is 12.4. The van der Waals surface area contributed by atoms with Crippen molar-refractivity contribution in [2.75, 3.05) is 13.2 Å². The van der Waals surface area contributed by atoms with Crippen LogP contribution < -0.4 is 5.32 Å². The number of ether oxygens (including phenoxy) is 1. The molecule has 0 aliphatic heterocycles. The summed E-state index contributed by atoms with van der Waals surface area (Å²) in [6.45, 7) is 4.96. The molecule has 0 saturated carbocycles. The summed E-state index contributed by atoms with van der Waals surface area (Å²) in [4.78, 5) is 24.5. The summed E-state index contributed by atoms with van der Waals surface area (Å²) in [5.74, 6) is -0.0288. The lowest BCUT2D eigenvalue weighted by Gasteiger charge is -2.22. The van der Waals surface area contributed by atoms with Crippen LogP contribution in [0.3, 0.4) is 0 Å². The van der Waals surface area contributed by atoms with Gasteiger partial charge in [-0.05, 0) is 25.7 Å². The Hall–Kier alpha value is -1.14. The first-order valence-electron chi connectivity index (χ1n) is 28.8. The van der Waals surface area contributed by atoms with E-state index in [1.165, 1.54) is 257 Å². The van der Waals surface area contributed by atoms with Crippen LogP contribution >= 0.6 is 0 Å². The van der Waals surface area contributed by atoms with E-state index in [0.29, 0.717) is 25.9 Å². The molecule has 0 bridgehead atoms. The summed E-state index contributed by atoms with van der Waals surface area (Å²) in [7, 11) is 0. The van der Waals surface area contributed by atoms with Gasteiger partial charge in [-0.1, -0.05) is 290 Å². The van der Waals surface area contributed by atoms with Gasteiger partial charge in [0, 0.05) is 12.8 Å². The van der Waals surface area contributed by atoms with Crippen LogP contribution in [-0.4, -0.2) is 47.4 Å². The second-order valence-electron chi connectivity index (χ2n) is 20.0. The van der Waals surface area contributed by atoms with Gasteiger partial charge in [-0.15, -0.1) is 0 Å². The lowest BCUT2D eigenvalue weighted by Crippen LogP contribution is -2.45. The van der Waals surface area contributed by atoms with Crippen LogP contribution in [-0.2, 0) is 14.3 Å². The van der Waals surface area contributed by atoms with Crippen molar-refractivity contribution in [2.45, 2.75) is 341 Å². The van der Waals surface area contributed by atoms with Crippen LogP contribution in [0.25, 0.3) is 0 Å². The number of unbranched alkanes of at least 4 members (excludes halogenated alkanes) is 43. The van der Waals surface area contributed by atoms with E-state index in [-0.39, 0.29) is 18.5 Å². The number of nitrogens with one attached hydrogen (secondary N) is 1. The van der Waals surface area contributed by atoms with E-state index < -0.39 is 12.1 Å². The maximum atomic E-state index is 12.4. The molecule has 3 N–H and O–H groups in total. The van der Waals surface area contributed by atoms with E-state index in [1.807, 2.05) is 0 Å². The van der Waals surface area contributed by atoms with E-state index >= 15 is 0 Å². The molecule has 0 aromatic carbocycles. The van der Waals surface area contributed by atoms with Gasteiger partial charge < -0.3 is 20.3 Å². The number of aliphatic hydroxyl groups excluding tert-OH is 2. The first-order valence-corrected chi connectivity index (χ1v) is 28.8. The van der Waals surface area contributed by atoms with Crippen molar-refractivity contribution in [1.29, 1.82) is 0 Å². The van der Waals surface area contributed by atoms with E-state index in [2.05, 4.69) is 19.2 Å². The topological polar surface area (TPSA) is 95.9 Å². The summed E-state index contributed by atoms with van der Waals surface area (Å²) in [5.41, 5.74) is 0. The Morgan fingerprint density at radius 1 is 0.381 bits per heavy atom. The Balaban J connectivity index is 3.37. The van der Waals surface area contributed by atoms with Crippen LogP contribution in [0.15, 0.2) is 0 Å². The minimum absolute atomic E-state index is 0.0101. The molecule has 6 nitrogen and oxygen atoms in total. The summed E-state index contributed by atoms with van der Waals surface area (Å²) >= 11 is 0. The largest absolute Gasteiger partial charge is 0.466 e. The lowest BCUT2D eigenvalue weighted by molar-refractivity contribution is -0.143. The predicted molar refractivity (Wildman–Crippen MR) is 274 cm³/mol. The molecule has 0 aliphatic rings. The number of rotatable bonds is 54. The summed E-state index contributed by atoms with van der Waals surface area (Å²) in [6.07, 6.45) is 60.9. The summed E-state index contributed by atoms with van der Waals surface area (Å²) in [5, 5.41) is 23.2. The minimum atomic E-state index is -0.665. The van der Waals surface area contributed by atoms with Gasteiger partial charge in [-0.2, -0.15) is 0 Å². The average Bonchev–Trinajstić information content (AvgIpc) is 3.28. The molecule has 376 valence electrons. The van der Waals surface area contributed by atoms with E-state index in [0.717, 1.165) is 38.5 Å². The van der Waals surface area contributed by atoms with Gasteiger partial charge in [0.2, 0.25) is 5.91 Å². The summed E-state index contributed by atoms with van der Waals surface area (Å²) < 4.78 is 5.49. The van der Waals surface area contributed by atoms with E-state index in [9.17, 15) is 19.8 Å². The quantitative estimate of drug-likeness (QED) is 0.0418. The molecule has 2 unspecified atom stereocenters. The molecule has 0 spiro atoms. The Labute approximate surface area is 394 Å². The Morgan fingerprint density at radius 3 is 0.968 bits per heavy atom. The molecular weight excluding hydrogens is 779 g/mol. The van der Waals surface area contributed by atoms with Crippen LogP contribution in [0.1, 0.15) is 328 Å². The average molecular weight is 893 g/mol. The van der Waals surface area contributed by atoms with Crippen molar-refractivity contribution in [3.05, 3.63) is 0 Å². The third-order valence-corrected chi connectivity index (χ3v) is 13.7. The molecule has 0 saturated heterocycles. The number of hydrogen-bond acceptors (Lipinski definition) is 5. The minimum Gasteiger partial charge on any atom is -0.466 e. The molecule has 0 aliphatic carbocycles. The smallest absolute Gasteiger partial charge is 0.305 e. The Kier molecular flexibility index (Phi) is 52.5. The zero-order chi connectivity index (χ0) is 45.8. The highest BCUT2D eigenvalue weighted by molar-refractivity contribution is 5.76. The Morgan fingerprint density at radius 2 is 0.651 bits per heavy atom. The number of aliphatic hydroxyl groups is 2. The number of amides is 1. The molecule has 6 heteroatoms. The number of carbonyl (C=O) groups is 2. The fraction of sp³-hybridized carbons (Fsp3) is 0.965. The van der Waals surface area contributed by atoms with Gasteiger partial charge >= 0.3 is 5.97 Å². The van der Waals surface area contributed by atoms with Crippen molar-refractivity contribution in [3.63, 3.8) is 0 Å². The van der Waals surface area contributed by atoms with E-state index in [1.54, 1.807) is 0 Å². The van der Waals surface area contributed by atoms with Crippen molar-refractivity contribution in [2.24, 2.45) is 0 Å². The van der Waals surface area contributed by atoms with Gasteiger partial charge in [0.25, 0.3) is 0 Å². The third kappa shape index (κ3) is 50.1. The van der Waals surface area contributed by atoms with Gasteiger partial charge in [0.05, 0.1) is 25.4 Å². The SMILES string of the molecule is CCCCCCCCCCCCCCCCCCCC(=O)OCCCCCCCCCCCCCCCCCCCC(=O)NC(CO)C(O)CCCCCCCCCCCCCC. The van der Waals surface area contributed by atoms with Crippen LogP contribution in [0.5, 0.6) is 0 Å². The lowest BCUT2D eigenvalue weighted by atomic mass is 10.0. The standard InChI is InChI=1S/C57H113NO5/c1-3-5-7-9-11-13-15-17-18-20-24-27-31-35-39-43-47-51-57(62)63-52-48-44-40-36-32-28-25-22-19-21-23-26-30-34-38-42-46-50-56(61)58-54(53-59)55(60)49-45-41-37-33-29-16-14-12-10-8-6-4-2/h54-55,59-60H,3-53H2,1-2H3,(H,58,61). The molecule has 63 heavy (non-hydrogen) atoms. The van der Waals surface area contributed by atoms with Crippen molar-refractivity contribution in [1.82, 2.24) is 5.32 Å². The monoisotopic (exact) mass is 892 g/mol. The molecule has 0 aromatic rings. The Bertz CT molecular complexity index is 898. The third-order valence-electron chi connectivity index (χ3n) is 13.7. The molecular formula is C57H113NO5. The van der Waals surface area contributed by atoms with Gasteiger partial charge in [0.1, 0.15) is 0 Å². The number of carbonyl (C=O) groups excluding carboxylic acids is 2.